The van der Waals surface area contributed by atoms with E-state index in [1.165, 1.54) is 0 Å². The van der Waals surface area contributed by atoms with E-state index in [0.717, 1.165) is 13.6 Å². The summed E-state index contributed by atoms with van der Waals surface area (Å²) >= 11 is 5.44. The Balaban J connectivity index is 2.85. The van der Waals surface area contributed by atoms with Crippen LogP contribution in [0.15, 0.2) is 22.7 Å². The van der Waals surface area contributed by atoms with E-state index in [9.17, 15) is 9.90 Å². The molecule has 1 rings (SSSR count). The molecule has 76 valence electrons. The Morgan fingerprint density at radius 1 is 1.57 bits per heavy atom. The summed E-state index contributed by atoms with van der Waals surface area (Å²) < 4.78 is 1.83. The number of hydrogen-bond donors (Lipinski definition) is 2. The highest BCUT2D eigenvalue weighted by Gasteiger charge is 2.15. The average molecular weight is 371 g/mol. The normalized spacial score (nSPS) is 12.5. The predicted molar refractivity (Wildman–Crippen MR) is 64.2 cm³/mol. The van der Waals surface area contributed by atoms with Crippen molar-refractivity contribution in [3.8, 4) is 0 Å². The summed E-state index contributed by atoms with van der Waals surface area (Å²) in [6.45, 7) is 0. The minimum atomic E-state index is -1.34. The van der Waals surface area contributed by atoms with E-state index in [4.69, 9.17) is 5.11 Å². The highest BCUT2D eigenvalue weighted by Crippen LogP contribution is 2.20. The molecule has 0 saturated heterocycles. The largest absolute Gasteiger partial charge is 0.479 e. The third-order valence-corrected chi connectivity index (χ3v) is 3.15. The van der Waals surface area contributed by atoms with Gasteiger partial charge in [0.1, 0.15) is 0 Å². The van der Waals surface area contributed by atoms with Crippen LogP contribution >= 0.6 is 38.5 Å². The van der Waals surface area contributed by atoms with Gasteiger partial charge in [-0.25, -0.2) is 4.79 Å². The molecule has 0 aliphatic carbocycles. The van der Waals surface area contributed by atoms with Crippen LogP contribution in [0.5, 0.6) is 0 Å². The Kier molecular flexibility index (Phi) is 4.33. The first-order valence-corrected chi connectivity index (χ1v) is 5.72. The van der Waals surface area contributed by atoms with Crippen molar-refractivity contribution in [1.29, 1.82) is 0 Å². The molecule has 0 fully saturated rings. The first-order valence-electron chi connectivity index (χ1n) is 3.85. The lowest BCUT2D eigenvalue weighted by Crippen LogP contribution is -2.22. The van der Waals surface area contributed by atoms with Gasteiger partial charge >= 0.3 is 5.97 Å². The molecule has 1 aromatic rings. The molecule has 0 heterocycles. The molecule has 5 heteroatoms. The lowest BCUT2D eigenvalue weighted by molar-refractivity contribution is -0.146. The average Bonchev–Trinajstić information content (AvgIpc) is 2.11. The number of carbonyl (C=O) groups is 1. The number of aliphatic carboxylic acids is 1. The molecule has 0 aromatic heterocycles. The van der Waals surface area contributed by atoms with Gasteiger partial charge in [0.2, 0.25) is 0 Å². The number of benzene rings is 1. The number of carboxylic acid groups (broad SMARTS) is 1. The van der Waals surface area contributed by atoms with Crippen molar-refractivity contribution in [2.45, 2.75) is 12.5 Å². The van der Waals surface area contributed by atoms with Crippen LogP contribution in [0.25, 0.3) is 0 Å². The van der Waals surface area contributed by atoms with Crippen molar-refractivity contribution in [2.24, 2.45) is 0 Å². The molecule has 1 aromatic carbocycles. The number of halogens is 2. The van der Waals surface area contributed by atoms with Crippen LogP contribution in [0.3, 0.4) is 0 Å². The zero-order valence-corrected chi connectivity index (χ0v) is 10.8. The van der Waals surface area contributed by atoms with Crippen molar-refractivity contribution in [2.75, 3.05) is 0 Å². The zero-order valence-electron chi connectivity index (χ0n) is 7.08. The van der Waals surface area contributed by atoms with E-state index >= 15 is 0 Å². The Hall–Kier alpha value is -0.140. The van der Waals surface area contributed by atoms with Gasteiger partial charge < -0.3 is 10.2 Å². The van der Waals surface area contributed by atoms with Gasteiger partial charge in [0.15, 0.2) is 6.10 Å². The summed E-state index contributed by atoms with van der Waals surface area (Å²) in [7, 11) is 0. The van der Waals surface area contributed by atoms with Crippen LogP contribution in [-0.2, 0) is 11.2 Å². The molecule has 0 bridgehead atoms. The molecular weight excluding hydrogens is 363 g/mol. The lowest BCUT2D eigenvalue weighted by atomic mass is 10.1. The molecule has 1 atom stereocenters. The Morgan fingerprint density at radius 3 is 2.79 bits per heavy atom. The van der Waals surface area contributed by atoms with Crippen LogP contribution in [0.1, 0.15) is 5.56 Å². The molecule has 0 aliphatic rings. The molecule has 14 heavy (non-hydrogen) atoms. The smallest absolute Gasteiger partial charge is 0.332 e. The molecule has 0 radical (unpaired) electrons. The summed E-state index contributed by atoms with van der Waals surface area (Å²) in [5, 5.41) is 17.7. The minimum Gasteiger partial charge on any atom is -0.479 e. The predicted octanol–water partition coefficient (Wildman–Crippen LogP) is 2.04. The maximum absolute atomic E-state index is 10.4. The van der Waals surface area contributed by atoms with Crippen LogP contribution in [0.4, 0.5) is 0 Å². The Morgan fingerprint density at radius 2 is 2.21 bits per heavy atom. The molecule has 3 nitrogen and oxygen atoms in total. The number of rotatable bonds is 3. The van der Waals surface area contributed by atoms with Gasteiger partial charge in [-0.05, 0) is 46.4 Å². The fourth-order valence-corrected chi connectivity index (χ4v) is 1.96. The molecule has 0 saturated carbocycles. The van der Waals surface area contributed by atoms with Crippen LogP contribution < -0.4 is 0 Å². The molecular formula is C9H8BrIO3. The number of hydrogen-bond acceptors (Lipinski definition) is 2. The first-order chi connectivity index (χ1) is 6.50. The van der Waals surface area contributed by atoms with E-state index < -0.39 is 12.1 Å². The van der Waals surface area contributed by atoms with Gasteiger partial charge in [-0.3, -0.25) is 0 Å². The van der Waals surface area contributed by atoms with E-state index in [-0.39, 0.29) is 6.42 Å². The summed E-state index contributed by atoms with van der Waals surface area (Å²) in [4.78, 5) is 10.4. The third kappa shape index (κ3) is 3.21. The number of aliphatic hydroxyl groups excluding tert-OH is 1. The van der Waals surface area contributed by atoms with E-state index in [1.807, 2.05) is 18.2 Å². The summed E-state index contributed by atoms with van der Waals surface area (Å²) in [6, 6.07) is 5.59. The van der Waals surface area contributed by atoms with Crippen molar-refractivity contribution < 1.29 is 15.0 Å². The molecule has 0 amide bonds. The minimum absolute atomic E-state index is 0.118. The number of carboxylic acids is 1. The standard InChI is InChI=1S/C9H8BrIO3/c10-7-2-1-6(11)3-5(7)4-8(12)9(13)14/h1-3,8,12H,4H2,(H,13,14). The van der Waals surface area contributed by atoms with Gasteiger partial charge in [0.05, 0.1) is 0 Å². The van der Waals surface area contributed by atoms with Crippen LogP contribution in [-0.4, -0.2) is 22.3 Å². The van der Waals surface area contributed by atoms with Crippen molar-refractivity contribution >= 4 is 44.5 Å². The highest BCUT2D eigenvalue weighted by molar-refractivity contribution is 14.1. The maximum atomic E-state index is 10.4. The van der Waals surface area contributed by atoms with Gasteiger partial charge in [0, 0.05) is 14.5 Å². The monoisotopic (exact) mass is 370 g/mol. The third-order valence-electron chi connectivity index (χ3n) is 1.71. The second kappa shape index (κ2) is 5.09. The van der Waals surface area contributed by atoms with Crippen LogP contribution in [0, 0.1) is 3.57 Å². The molecule has 2 N–H and O–H groups in total. The zero-order chi connectivity index (χ0) is 10.7. The second-order valence-corrected chi connectivity index (χ2v) is 4.89. The first kappa shape index (κ1) is 11.9. The quantitative estimate of drug-likeness (QED) is 0.800. The maximum Gasteiger partial charge on any atom is 0.332 e. The summed E-state index contributed by atoms with van der Waals surface area (Å²) in [5.74, 6) is -1.20. The van der Waals surface area contributed by atoms with Gasteiger partial charge in [-0.2, -0.15) is 0 Å². The van der Waals surface area contributed by atoms with Crippen molar-refractivity contribution in [1.82, 2.24) is 0 Å². The fourth-order valence-electron chi connectivity index (χ4n) is 0.995. The molecule has 1 unspecified atom stereocenters. The number of aliphatic hydroxyl groups is 1. The van der Waals surface area contributed by atoms with Gasteiger partial charge in [-0.1, -0.05) is 15.9 Å². The van der Waals surface area contributed by atoms with E-state index in [0.29, 0.717) is 0 Å². The summed E-state index contributed by atoms with van der Waals surface area (Å²) in [5.41, 5.74) is 0.798. The lowest BCUT2D eigenvalue weighted by Gasteiger charge is -2.07. The van der Waals surface area contributed by atoms with Crippen LogP contribution in [0.2, 0.25) is 0 Å². The highest BCUT2D eigenvalue weighted by atomic mass is 127. The van der Waals surface area contributed by atoms with E-state index in [1.54, 1.807) is 0 Å². The van der Waals surface area contributed by atoms with Gasteiger partial charge in [-0.15, -0.1) is 0 Å². The Bertz CT molecular complexity index is 354. The topological polar surface area (TPSA) is 57.5 Å². The second-order valence-electron chi connectivity index (χ2n) is 2.79. The Labute approximate surface area is 103 Å². The fraction of sp³-hybridized carbons (Fsp3) is 0.222. The van der Waals surface area contributed by atoms with E-state index in [2.05, 4.69) is 38.5 Å². The molecule has 0 spiro atoms. The SMILES string of the molecule is O=C(O)C(O)Cc1cc(I)ccc1Br. The molecule has 0 aliphatic heterocycles. The van der Waals surface area contributed by atoms with Crippen molar-refractivity contribution in [3.63, 3.8) is 0 Å². The van der Waals surface area contributed by atoms with Crippen molar-refractivity contribution in [3.05, 3.63) is 31.8 Å². The summed E-state index contributed by atoms with van der Waals surface area (Å²) in [6.07, 6.45) is -1.23. The van der Waals surface area contributed by atoms with Gasteiger partial charge in [0.25, 0.3) is 0 Å².